The summed E-state index contributed by atoms with van der Waals surface area (Å²) in [5, 5.41) is 7.75. The van der Waals surface area contributed by atoms with Crippen molar-refractivity contribution in [2.24, 2.45) is 5.73 Å². The molecule has 0 aliphatic rings. The molecule has 1 heterocycles. The molecule has 23 heavy (non-hydrogen) atoms. The minimum absolute atomic E-state index is 0. The van der Waals surface area contributed by atoms with Gasteiger partial charge in [0.2, 0.25) is 0 Å². The van der Waals surface area contributed by atoms with Crippen molar-refractivity contribution in [2.45, 2.75) is 7.43 Å². The molecule has 0 radical (unpaired) electrons. The summed E-state index contributed by atoms with van der Waals surface area (Å²) < 4.78 is 0. The van der Waals surface area contributed by atoms with Crippen LogP contribution in [0.3, 0.4) is 0 Å². The number of hydrogen-bond acceptors (Lipinski definition) is 3. The summed E-state index contributed by atoms with van der Waals surface area (Å²) in [5.74, 6) is -0.0555. The molecule has 0 saturated carbocycles. The van der Waals surface area contributed by atoms with Crippen LogP contribution in [0, 0.1) is 5.41 Å². The normalized spacial score (nSPS) is 9.91. The second kappa shape index (κ2) is 6.75. The Balaban J connectivity index is 0.00000192. The number of benzene rings is 2. The van der Waals surface area contributed by atoms with Gasteiger partial charge in [-0.15, -0.1) is 0 Å². The molecular formula is C19H20N4. The average molecular weight is 304 g/mol. The molecule has 3 rings (SSSR count). The monoisotopic (exact) mass is 304 g/mol. The van der Waals surface area contributed by atoms with Gasteiger partial charge in [0, 0.05) is 17.3 Å². The lowest BCUT2D eigenvalue weighted by Gasteiger charge is -2.12. The van der Waals surface area contributed by atoms with Gasteiger partial charge in [-0.1, -0.05) is 56.0 Å². The fraction of sp³-hybridized carbons (Fsp3) is 0.0526. The smallest absolute Gasteiger partial charge is 0.125 e. The van der Waals surface area contributed by atoms with Gasteiger partial charge in [-0.2, -0.15) is 0 Å². The SMILES string of the molecule is C.N=C(N)c1c(N)cncc1-c1cccc(-c2ccccc2)c1. The fourth-order valence-corrected chi connectivity index (χ4v) is 2.49. The molecule has 1 aromatic heterocycles. The van der Waals surface area contributed by atoms with Crippen molar-refractivity contribution in [3.8, 4) is 22.3 Å². The number of nitrogens with two attached hydrogens (primary N) is 2. The molecule has 0 saturated heterocycles. The maximum Gasteiger partial charge on any atom is 0.125 e. The van der Waals surface area contributed by atoms with E-state index in [9.17, 15) is 0 Å². The second-order valence-corrected chi connectivity index (χ2v) is 5.01. The molecule has 5 N–H and O–H groups in total. The highest BCUT2D eigenvalue weighted by Crippen LogP contribution is 2.30. The first kappa shape index (κ1) is 16.2. The van der Waals surface area contributed by atoms with Crippen molar-refractivity contribution in [1.82, 2.24) is 4.98 Å². The molecular weight excluding hydrogens is 284 g/mol. The minimum Gasteiger partial charge on any atom is -0.397 e. The van der Waals surface area contributed by atoms with E-state index >= 15 is 0 Å². The number of pyridine rings is 1. The number of hydrogen-bond donors (Lipinski definition) is 3. The van der Waals surface area contributed by atoms with Crippen LogP contribution < -0.4 is 11.5 Å². The van der Waals surface area contributed by atoms with Gasteiger partial charge in [0.05, 0.1) is 11.9 Å². The number of nitrogens with one attached hydrogen (secondary N) is 1. The van der Waals surface area contributed by atoms with E-state index in [4.69, 9.17) is 16.9 Å². The largest absolute Gasteiger partial charge is 0.397 e. The average Bonchev–Trinajstić information content (AvgIpc) is 2.55. The van der Waals surface area contributed by atoms with E-state index in [1.54, 1.807) is 6.20 Å². The van der Waals surface area contributed by atoms with E-state index < -0.39 is 0 Å². The van der Waals surface area contributed by atoms with E-state index in [1.807, 2.05) is 36.4 Å². The first-order chi connectivity index (χ1) is 10.7. The van der Waals surface area contributed by atoms with Crippen LogP contribution in [0.25, 0.3) is 22.3 Å². The molecule has 0 unspecified atom stereocenters. The van der Waals surface area contributed by atoms with Gasteiger partial charge in [-0.05, 0) is 22.8 Å². The number of amidine groups is 1. The second-order valence-electron chi connectivity index (χ2n) is 5.01. The lowest BCUT2D eigenvalue weighted by Crippen LogP contribution is -2.15. The van der Waals surface area contributed by atoms with Crippen molar-refractivity contribution in [2.75, 3.05) is 5.73 Å². The molecule has 2 aromatic carbocycles. The summed E-state index contributed by atoms with van der Waals surface area (Å²) in [4.78, 5) is 4.13. The molecule has 0 bridgehead atoms. The summed E-state index contributed by atoms with van der Waals surface area (Å²) in [7, 11) is 0. The molecule has 4 nitrogen and oxygen atoms in total. The highest BCUT2D eigenvalue weighted by Gasteiger charge is 2.12. The van der Waals surface area contributed by atoms with Crippen molar-refractivity contribution in [1.29, 1.82) is 5.41 Å². The Morgan fingerprint density at radius 1 is 0.870 bits per heavy atom. The summed E-state index contributed by atoms with van der Waals surface area (Å²) in [6, 6.07) is 18.2. The van der Waals surface area contributed by atoms with Crippen molar-refractivity contribution >= 4 is 11.5 Å². The summed E-state index contributed by atoms with van der Waals surface area (Å²) in [6.07, 6.45) is 3.21. The zero-order valence-electron chi connectivity index (χ0n) is 12.0. The van der Waals surface area contributed by atoms with Gasteiger partial charge in [-0.3, -0.25) is 10.4 Å². The van der Waals surface area contributed by atoms with Gasteiger partial charge in [0.1, 0.15) is 5.84 Å². The third-order valence-electron chi connectivity index (χ3n) is 3.53. The Kier molecular flexibility index (Phi) is 4.76. The van der Waals surface area contributed by atoms with Crippen molar-refractivity contribution in [3.05, 3.63) is 72.6 Å². The van der Waals surface area contributed by atoms with Gasteiger partial charge >= 0.3 is 0 Å². The lowest BCUT2D eigenvalue weighted by molar-refractivity contribution is 1.31. The highest BCUT2D eigenvalue weighted by atomic mass is 14.8. The van der Waals surface area contributed by atoms with Crippen LogP contribution in [0.4, 0.5) is 5.69 Å². The molecule has 3 aromatic rings. The molecule has 0 fully saturated rings. The predicted molar refractivity (Wildman–Crippen MR) is 97.3 cm³/mol. The van der Waals surface area contributed by atoms with Crippen LogP contribution in [-0.2, 0) is 0 Å². The van der Waals surface area contributed by atoms with Crippen molar-refractivity contribution in [3.63, 3.8) is 0 Å². The first-order valence-electron chi connectivity index (χ1n) is 6.90. The standard InChI is InChI=1S/C18H16N4.CH4/c19-16-11-22-10-15(17(16)18(20)21)14-8-4-7-13(9-14)12-5-2-1-3-6-12;/h1-11H,19H2,(H3,20,21);1H4. The minimum atomic E-state index is -0.0555. The van der Waals surface area contributed by atoms with Crippen LogP contribution in [0.2, 0.25) is 0 Å². The third kappa shape index (κ3) is 3.21. The van der Waals surface area contributed by atoms with E-state index in [2.05, 4.69) is 23.2 Å². The lowest BCUT2D eigenvalue weighted by atomic mass is 9.96. The molecule has 4 heteroatoms. The maximum absolute atomic E-state index is 7.75. The highest BCUT2D eigenvalue weighted by molar-refractivity contribution is 6.05. The Morgan fingerprint density at radius 2 is 1.52 bits per heavy atom. The van der Waals surface area contributed by atoms with Crippen LogP contribution in [-0.4, -0.2) is 10.8 Å². The summed E-state index contributed by atoms with van der Waals surface area (Å²) in [6.45, 7) is 0. The number of anilines is 1. The molecule has 0 aliphatic carbocycles. The summed E-state index contributed by atoms with van der Waals surface area (Å²) in [5.41, 5.74) is 16.5. The van der Waals surface area contributed by atoms with Gasteiger partial charge in [0.15, 0.2) is 0 Å². The zero-order chi connectivity index (χ0) is 15.5. The molecule has 0 spiro atoms. The molecule has 116 valence electrons. The quantitative estimate of drug-likeness (QED) is 0.506. The number of aromatic nitrogens is 1. The van der Waals surface area contributed by atoms with Gasteiger partial charge < -0.3 is 11.5 Å². The van der Waals surface area contributed by atoms with E-state index in [0.29, 0.717) is 11.3 Å². The van der Waals surface area contributed by atoms with Crippen LogP contribution in [0.15, 0.2) is 67.0 Å². The van der Waals surface area contributed by atoms with E-state index in [-0.39, 0.29) is 13.3 Å². The van der Waals surface area contributed by atoms with E-state index in [0.717, 1.165) is 22.3 Å². The molecule has 0 amide bonds. The van der Waals surface area contributed by atoms with Crippen LogP contribution >= 0.6 is 0 Å². The topological polar surface area (TPSA) is 88.8 Å². The van der Waals surface area contributed by atoms with Crippen molar-refractivity contribution < 1.29 is 0 Å². The number of nitrogens with zero attached hydrogens (tertiary/aromatic N) is 1. The number of rotatable bonds is 3. The maximum atomic E-state index is 7.75. The summed E-state index contributed by atoms with van der Waals surface area (Å²) >= 11 is 0. The molecule has 0 atom stereocenters. The number of nitrogen functional groups attached to an aromatic ring is 2. The third-order valence-corrected chi connectivity index (χ3v) is 3.53. The Bertz CT molecular complexity index is 826. The van der Waals surface area contributed by atoms with E-state index in [1.165, 1.54) is 6.20 Å². The molecule has 0 aliphatic heterocycles. The predicted octanol–water partition coefficient (Wildman–Crippen LogP) is 3.92. The Morgan fingerprint density at radius 3 is 2.22 bits per heavy atom. The van der Waals surface area contributed by atoms with Crippen LogP contribution in [0.1, 0.15) is 13.0 Å². The van der Waals surface area contributed by atoms with Gasteiger partial charge in [-0.25, -0.2) is 0 Å². The first-order valence-corrected chi connectivity index (χ1v) is 6.90. The Labute approximate surface area is 136 Å². The zero-order valence-corrected chi connectivity index (χ0v) is 12.0. The van der Waals surface area contributed by atoms with Gasteiger partial charge in [0.25, 0.3) is 0 Å². The fourth-order valence-electron chi connectivity index (χ4n) is 2.49. The van der Waals surface area contributed by atoms with Crippen LogP contribution in [0.5, 0.6) is 0 Å². The Hall–Kier alpha value is -3.14.